The highest BCUT2D eigenvalue weighted by atomic mass is 35.5. The Morgan fingerprint density at radius 1 is 1.46 bits per heavy atom. The number of rotatable bonds is 2. The third-order valence-corrected chi connectivity index (χ3v) is 2.28. The molecule has 1 aromatic rings. The molecule has 72 valence electrons. The van der Waals surface area contributed by atoms with Gasteiger partial charge in [0.25, 0.3) is 0 Å². The van der Waals surface area contributed by atoms with Gasteiger partial charge >= 0.3 is 0 Å². The molecule has 1 atom stereocenters. The molecule has 4 heteroatoms. The van der Waals surface area contributed by atoms with E-state index in [2.05, 4.69) is 4.98 Å². The molecular formula is C9H14ClN3. The van der Waals surface area contributed by atoms with Gasteiger partial charge in [0.15, 0.2) is 0 Å². The van der Waals surface area contributed by atoms with Crippen molar-refractivity contribution in [1.82, 2.24) is 4.98 Å². The summed E-state index contributed by atoms with van der Waals surface area (Å²) in [6.45, 7) is 4.06. The van der Waals surface area contributed by atoms with E-state index < -0.39 is 0 Å². The van der Waals surface area contributed by atoms with Crippen molar-refractivity contribution in [3.05, 3.63) is 23.0 Å². The Morgan fingerprint density at radius 3 is 2.62 bits per heavy atom. The number of hydrogen-bond donors (Lipinski definition) is 2. The fourth-order valence-electron chi connectivity index (χ4n) is 1.07. The molecule has 0 amide bonds. The SMILES string of the molecule is CC(C)[C@H](N)c1cc(N)cnc1Cl. The second kappa shape index (κ2) is 3.94. The Labute approximate surface area is 83.1 Å². The maximum Gasteiger partial charge on any atom is 0.133 e. The van der Waals surface area contributed by atoms with Crippen molar-refractivity contribution in [2.45, 2.75) is 19.9 Å². The number of nitrogen functional groups attached to an aromatic ring is 1. The summed E-state index contributed by atoms with van der Waals surface area (Å²) in [6, 6.07) is 1.67. The first-order valence-electron chi connectivity index (χ1n) is 4.19. The summed E-state index contributed by atoms with van der Waals surface area (Å²) in [7, 11) is 0. The van der Waals surface area contributed by atoms with E-state index in [0.717, 1.165) is 5.56 Å². The van der Waals surface area contributed by atoms with E-state index in [1.807, 2.05) is 13.8 Å². The Hall–Kier alpha value is -0.800. The van der Waals surface area contributed by atoms with Gasteiger partial charge < -0.3 is 11.5 Å². The summed E-state index contributed by atoms with van der Waals surface area (Å²) >= 11 is 5.89. The second-order valence-corrected chi connectivity index (χ2v) is 3.78. The van der Waals surface area contributed by atoms with Crippen LogP contribution in [0.4, 0.5) is 5.69 Å². The Bertz CT molecular complexity index is 299. The van der Waals surface area contributed by atoms with E-state index >= 15 is 0 Å². The summed E-state index contributed by atoms with van der Waals surface area (Å²) in [5, 5.41) is 0.440. The predicted molar refractivity (Wildman–Crippen MR) is 55.4 cm³/mol. The van der Waals surface area contributed by atoms with Crippen molar-refractivity contribution in [3.8, 4) is 0 Å². The van der Waals surface area contributed by atoms with E-state index in [-0.39, 0.29) is 6.04 Å². The first kappa shape index (κ1) is 10.3. The lowest BCUT2D eigenvalue weighted by molar-refractivity contribution is 0.513. The lowest BCUT2D eigenvalue weighted by Crippen LogP contribution is -2.17. The molecule has 1 rings (SSSR count). The summed E-state index contributed by atoms with van der Waals surface area (Å²) in [6.07, 6.45) is 1.53. The van der Waals surface area contributed by atoms with Gasteiger partial charge in [-0.1, -0.05) is 25.4 Å². The van der Waals surface area contributed by atoms with E-state index in [9.17, 15) is 0 Å². The zero-order valence-corrected chi connectivity index (χ0v) is 8.55. The van der Waals surface area contributed by atoms with Crippen LogP contribution in [0.1, 0.15) is 25.5 Å². The molecule has 0 saturated carbocycles. The number of pyridine rings is 1. The molecule has 0 radical (unpaired) electrons. The topological polar surface area (TPSA) is 64.9 Å². The molecule has 0 aliphatic carbocycles. The van der Waals surface area contributed by atoms with Gasteiger partial charge in [0.2, 0.25) is 0 Å². The van der Waals surface area contributed by atoms with Crippen LogP contribution in [0.2, 0.25) is 5.15 Å². The van der Waals surface area contributed by atoms with Crippen LogP contribution in [0.5, 0.6) is 0 Å². The summed E-state index contributed by atoms with van der Waals surface area (Å²) in [4.78, 5) is 3.94. The Morgan fingerprint density at radius 2 is 2.08 bits per heavy atom. The summed E-state index contributed by atoms with van der Waals surface area (Å²) < 4.78 is 0. The third-order valence-electron chi connectivity index (χ3n) is 1.96. The van der Waals surface area contributed by atoms with Gasteiger partial charge in [0.1, 0.15) is 5.15 Å². The number of nitrogens with two attached hydrogens (primary N) is 2. The van der Waals surface area contributed by atoms with Crippen LogP contribution in [0.3, 0.4) is 0 Å². The highest BCUT2D eigenvalue weighted by Gasteiger charge is 2.14. The van der Waals surface area contributed by atoms with E-state index in [1.54, 1.807) is 6.07 Å². The molecule has 1 heterocycles. The number of aromatic nitrogens is 1. The third kappa shape index (κ3) is 2.32. The number of nitrogens with zero attached hydrogens (tertiary/aromatic N) is 1. The quantitative estimate of drug-likeness (QED) is 0.716. The van der Waals surface area contributed by atoms with Crippen LogP contribution in [0.25, 0.3) is 0 Å². The van der Waals surface area contributed by atoms with Gasteiger partial charge in [-0.05, 0) is 12.0 Å². The monoisotopic (exact) mass is 199 g/mol. The molecule has 0 bridgehead atoms. The van der Waals surface area contributed by atoms with E-state index in [0.29, 0.717) is 16.8 Å². The van der Waals surface area contributed by atoms with Gasteiger partial charge in [0.05, 0.1) is 11.9 Å². The van der Waals surface area contributed by atoms with Gasteiger partial charge in [-0.2, -0.15) is 0 Å². The standard InChI is InChI=1S/C9H14ClN3/c1-5(2)8(12)7-3-6(11)4-13-9(7)10/h3-5,8H,11-12H2,1-2H3/t8-/m0/s1. The molecule has 1 aromatic heterocycles. The largest absolute Gasteiger partial charge is 0.397 e. The van der Waals surface area contributed by atoms with Crippen molar-refractivity contribution >= 4 is 17.3 Å². The van der Waals surface area contributed by atoms with Gasteiger partial charge in [-0.25, -0.2) is 4.98 Å². The van der Waals surface area contributed by atoms with Crippen LogP contribution in [-0.4, -0.2) is 4.98 Å². The van der Waals surface area contributed by atoms with Crippen molar-refractivity contribution in [3.63, 3.8) is 0 Å². The molecule has 3 nitrogen and oxygen atoms in total. The van der Waals surface area contributed by atoms with E-state index in [1.165, 1.54) is 6.20 Å². The smallest absolute Gasteiger partial charge is 0.133 e. The van der Waals surface area contributed by atoms with Crippen molar-refractivity contribution in [2.24, 2.45) is 11.7 Å². The molecule has 4 N–H and O–H groups in total. The van der Waals surface area contributed by atoms with Crippen LogP contribution in [-0.2, 0) is 0 Å². The van der Waals surface area contributed by atoms with Gasteiger partial charge in [-0.3, -0.25) is 0 Å². The fraction of sp³-hybridized carbons (Fsp3) is 0.444. The minimum Gasteiger partial charge on any atom is -0.397 e. The van der Waals surface area contributed by atoms with Crippen LogP contribution in [0, 0.1) is 5.92 Å². The highest BCUT2D eigenvalue weighted by Crippen LogP contribution is 2.25. The molecule has 0 aromatic carbocycles. The van der Waals surface area contributed by atoms with Crippen molar-refractivity contribution < 1.29 is 0 Å². The van der Waals surface area contributed by atoms with Crippen LogP contribution >= 0.6 is 11.6 Å². The second-order valence-electron chi connectivity index (χ2n) is 3.42. The van der Waals surface area contributed by atoms with Crippen LogP contribution in [0.15, 0.2) is 12.3 Å². The van der Waals surface area contributed by atoms with Gasteiger partial charge in [-0.15, -0.1) is 0 Å². The Balaban J connectivity index is 3.05. The minimum absolute atomic E-state index is 0.108. The van der Waals surface area contributed by atoms with Crippen LogP contribution < -0.4 is 11.5 Å². The summed E-state index contributed by atoms with van der Waals surface area (Å²) in [5.74, 6) is 0.320. The number of halogens is 1. The minimum atomic E-state index is -0.108. The van der Waals surface area contributed by atoms with Crippen molar-refractivity contribution in [1.29, 1.82) is 0 Å². The molecule has 0 spiro atoms. The molecule has 13 heavy (non-hydrogen) atoms. The first-order valence-corrected chi connectivity index (χ1v) is 4.56. The lowest BCUT2D eigenvalue weighted by atomic mass is 9.98. The molecule has 0 saturated heterocycles. The average Bonchev–Trinajstić information content (AvgIpc) is 2.08. The fourth-order valence-corrected chi connectivity index (χ4v) is 1.30. The maximum atomic E-state index is 5.93. The molecule has 0 fully saturated rings. The average molecular weight is 200 g/mol. The Kier molecular flexibility index (Phi) is 3.12. The molecule has 0 aliphatic rings. The number of anilines is 1. The highest BCUT2D eigenvalue weighted by molar-refractivity contribution is 6.30. The zero-order valence-electron chi connectivity index (χ0n) is 7.79. The zero-order chi connectivity index (χ0) is 10.0. The van der Waals surface area contributed by atoms with Crippen molar-refractivity contribution in [2.75, 3.05) is 5.73 Å². The normalized spacial score (nSPS) is 13.3. The summed E-state index contributed by atoms with van der Waals surface area (Å²) in [5.41, 5.74) is 12.9. The number of hydrogen-bond acceptors (Lipinski definition) is 3. The lowest BCUT2D eigenvalue weighted by Gasteiger charge is -2.16. The molecule has 0 unspecified atom stereocenters. The molecule has 0 aliphatic heterocycles. The maximum absolute atomic E-state index is 5.93. The first-order chi connectivity index (χ1) is 6.02. The predicted octanol–water partition coefficient (Wildman–Crippen LogP) is 1.97. The molecular weight excluding hydrogens is 186 g/mol. The van der Waals surface area contributed by atoms with E-state index in [4.69, 9.17) is 23.1 Å². The van der Waals surface area contributed by atoms with Gasteiger partial charge in [0, 0.05) is 11.6 Å².